The number of carbonyl (C=O) groups is 1. The van der Waals surface area contributed by atoms with Crippen LogP contribution in [0.2, 0.25) is 0 Å². The van der Waals surface area contributed by atoms with Crippen molar-refractivity contribution in [2.24, 2.45) is 5.92 Å². The van der Waals surface area contributed by atoms with Crippen molar-refractivity contribution in [1.82, 2.24) is 9.80 Å². The Morgan fingerprint density at radius 2 is 1.67 bits per heavy atom. The van der Waals surface area contributed by atoms with E-state index in [1.54, 1.807) is 6.92 Å². The van der Waals surface area contributed by atoms with Gasteiger partial charge in [0.05, 0.1) is 5.92 Å². The van der Waals surface area contributed by atoms with Gasteiger partial charge in [-0.3, -0.25) is 4.79 Å². The first-order chi connectivity index (χ1) is 8.42. The van der Waals surface area contributed by atoms with E-state index in [1.807, 2.05) is 0 Å². The molecule has 0 aromatic heterocycles. The van der Waals surface area contributed by atoms with Crippen molar-refractivity contribution in [3.63, 3.8) is 0 Å². The zero-order chi connectivity index (χ0) is 14.1. The Balaban J connectivity index is 4.09. The van der Waals surface area contributed by atoms with Gasteiger partial charge < -0.3 is 14.9 Å². The summed E-state index contributed by atoms with van der Waals surface area (Å²) in [6.07, 6.45) is 1.10. The fraction of sp³-hybridized carbons (Fsp3) is 0.929. The molecule has 0 aliphatic carbocycles. The van der Waals surface area contributed by atoms with Crippen molar-refractivity contribution < 1.29 is 9.90 Å². The number of hydrogen-bond donors (Lipinski definition) is 1. The molecule has 1 atom stereocenters. The van der Waals surface area contributed by atoms with Crippen LogP contribution < -0.4 is 0 Å². The van der Waals surface area contributed by atoms with Crippen LogP contribution in [0, 0.1) is 5.92 Å². The van der Waals surface area contributed by atoms with Crippen LogP contribution in [-0.2, 0) is 4.79 Å². The lowest BCUT2D eigenvalue weighted by Gasteiger charge is -2.29. The summed E-state index contributed by atoms with van der Waals surface area (Å²) in [6.45, 7) is 15.3. The SMILES string of the molecule is CCN(CC)CCCN(CC(C)C(=O)O)C(C)C. The summed E-state index contributed by atoms with van der Waals surface area (Å²) in [6, 6.07) is 0.406. The number of carboxylic acids is 1. The normalized spacial score (nSPS) is 13.6. The topological polar surface area (TPSA) is 43.8 Å². The smallest absolute Gasteiger partial charge is 0.307 e. The molecule has 0 rings (SSSR count). The quantitative estimate of drug-likeness (QED) is 0.652. The van der Waals surface area contributed by atoms with Crippen molar-refractivity contribution in [3.05, 3.63) is 0 Å². The van der Waals surface area contributed by atoms with E-state index in [0.717, 1.165) is 32.6 Å². The number of carboxylic acid groups (broad SMARTS) is 1. The molecule has 108 valence electrons. The van der Waals surface area contributed by atoms with Crippen molar-refractivity contribution in [1.29, 1.82) is 0 Å². The van der Waals surface area contributed by atoms with Crippen LogP contribution in [0.1, 0.15) is 41.0 Å². The van der Waals surface area contributed by atoms with Crippen molar-refractivity contribution in [2.75, 3.05) is 32.7 Å². The van der Waals surface area contributed by atoms with Crippen LogP contribution >= 0.6 is 0 Å². The monoisotopic (exact) mass is 258 g/mol. The highest BCUT2D eigenvalue weighted by molar-refractivity contribution is 5.69. The second-order valence-corrected chi connectivity index (χ2v) is 5.21. The minimum Gasteiger partial charge on any atom is -0.481 e. The van der Waals surface area contributed by atoms with Crippen LogP contribution in [0.4, 0.5) is 0 Å². The van der Waals surface area contributed by atoms with Crippen LogP contribution in [0.5, 0.6) is 0 Å². The lowest BCUT2D eigenvalue weighted by atomic mass is 10.1. The molecule has 4 nitrogen and oxygen atoms in total. The van der Waals surface area contributed by atoms with Crippen molar-refractivity contribution in [3.8, 4) is 0 Å². The second kappa shape index (κ2) is 9.34. The Bertz CT molecular complexity index is 228. The maximum atomic E-state index is 10.9. The zero-order valence-corrected chi connectivity index (χ0v) is 12.6. The minimum atomic E-state index is -0.704. The Labute approximate surface area is 112 Å². The molecule has 18 heavy (non-hydrogen) atoms. The highest BCUT2D eigenvalue weighted by Crippen LogP contribution is 2.06. The van der Waals surface area contributed by atoms with E-state index in [1.165, 1.54) is 0 Å². The van der Waals surface area contributed by atoms with Gasteiger partial charge in [-0.15, -0.1) is 0 Å². The zero-order valence-electron chi connectivity index (χ0n) is 12.6. The lowest BCUT2D eigenvalue weighted by molar-refractivity contribution is -0.141. The van der Waals surface area contributed by atoms with Gasteiger partial charge in [0.1, 0.15) is 0 Å². The van der Waals surface area contributed by atoms with Gasteiger partial charge in [0, 0.05) is 12.6 Å². The molecule has 0 radical (unpaired) electrons. The summed E-state index contributed by atoms with van der Waals surface area (Å²) in [5.41, 5.74) is 0. The van der Waals surface area contributed by atoms with Gasteiger partial charge in [-0.05, 0) is 46.4 Å². The van der Waals surface area contributed by atoms with Crippen molar-refractivity contribution >= 4 is 5.97 Å². The van der Waals surface area contributed by atoms with Crippen LogP contribution in [-0.4, -0.2) is 59.6 Å². The van der Waals surface area contributed by atoms with Crippen LogP contribution in [0.15, 0.2) is 0 Å². The molecular formula is C14H30N2O2. The van der Waals surface area contributed by atoms with Crippen molar-refractivity contribution in [2.45, 2.75) is 47.1 Å². The third kappa shape index (κ3) is 6.97. The molecule has 0 saturated carbocycles. The Kier molecular flexibility index (Phi) is 9.02. The maximum absolute atomic E-state index is 10.9. The predicted molar refractivity (Wildman–Crippen MR) is 75.9 cm³/mol. The molecule has 0 bridgehead atoms. The molecule has 0 spiro atoms. The molecule has 0 heterocycles. The molecule has 0 saturated heterocycles. The molecule has 1 unspecified atom stereocenters. The third-order valence-electron chi connectivity index (χ3n) is 3.47. The Morgan fingerprint density at radius 1 is 1.11 bits per heavy atom. The number of rotatable bonds is 10. The number of hydrogen-bond acceptors (Lipinski definition) is 3. The maximum Gasteiger partial charge on any atom is 0.307 e. The molecule has 0 amide bonds. The summed E-state index contributed by atoms with van der Waals surface area (Å²) in [5, 5.41) is 8.97. The molecule has 1 N–H and O–H groups in total. The van der Waals surface area contributed by atoms with E-state index in [9.17, 15) is 4.79 Å². The van der Waals surface area contributed by atoms with Crippen LogP contribution in [0.3, 0.4) is 0 Å². The van der Waals surface area contributed by atoms with Gasteiger partial charge in [0.25, 0.3) is 0 Å². The van der Waals surface area contributed by atoms with Gasteiger partial charge in [-0.2, -0.15) is 0 Å². The highest BCUT2D eigenvalue weighted by atomic mass is 16.4. The second-order valence-electron chi connectivity index (χ2n) is 5.21. The van der Waals surface area contributed by atoms with Gasteiger partial charge in [-0.25, -0.2) is 0 Å². The average molecular weight is 258 g/mol. The van der Waals surface area contributed by atoms with E-state index < -0.39 is 5.97 Å². The lowest BCUT2D eigenvalue weighted by Crippen LogP contribution is -2.39. The first kappa shape index (κ1) is 17.4. The van der Waals surface area contributed by atoms with E-state index in [4.69, 9.17) is 5.11 Å². The molecule has 0 fully saturated rings. The Hall–Kier alpha value is -0.610. The molecule has 4 heteroatoms. The van der Waals surface area contributed by atoms with E-state index in [2.05, 4.69) is 37.5 Å². The van der Waals surface area contributed by atoms with E-state index >= 15 is 0 Å². The third-order valence-corrected chi connectivity index (χ3v) is 3.47. The largest absolute Gasteiger partial charge is 0.481 e. The average Bonchev–Trinajstić information content (AvgIpc) is 2.32. The fourth-order valence-corrected chi connectivity index (χ4v) is 2.03. The van der Waals surface area contributed by atoms with E-state index in [0.29, 0.717) is 12.6 Å². The fourth-order valence-electron chi connectivity index (χ4n) is 2.03. The van der Waals surface area contributed by atoms with Gasteiger partial charge in [0.2, 0.25) is 0 Å². The van der Waals surface area contributed by atoms with Crippen LogP contribution in [0.25, 0.3) is 0 Å². The van der Waals surface area contributed by atoms with Gasteiger partial charge >= 0.3 is 5.97 Å². The first-order valence-corrected chi connectivity index (χ1v) is 7.11. The van der Waals surface area contributed by atoms with Gasteiger partial charge in [0.15, 0.2) is 0 Å². The number of nitrogens with zero attached hydrogens (tertiary/aromatic N) is 2. The number of aliphatic carboxylic acids is 1. The highest BCUT2D eigenvalue weighted by Gasteiger charge is 2.18. The summed E-state index contributed by atoms with van der Waals surface area (Å²) in [7, 11) is 0. The first-order valence-electron chi connectivity index (χ1n) is 7.11. The van der Waals surface area contributed by atoms with Gasteiger partial charge in [-0.1, -0.05) is 20.8 Å². The molecule has 0 aromatic rings. The molecular weight excluding hydrogens is 228 g/mol. The summed E-state index contributed by atoms with van der Waals surface area (Å²) < 4.78 is 0. The molecule has 0 aromatic carbocycles. The summed E-state index contributed by atoms with van der Waals surface area (Å²) in [4.78, 5) is 15.6. The summed E-state index contributed by atoms with van der Waals surface area (Å²) >= 11 is 0. The minimum absolute atomic E-state index is 0.291. The molecule has 0 aliphatic rings. The molecule has 0 aliphatic heterocycles. The predicted octanol–water partition coefficient (Wildman–Crippen LogP) is 2.15. The standard InChI is InChI=1S/C14H30N2O2/c1-6-15(7-2)9-8-10-16(12(3)4)11-13(5)14(17)18/h12-13H,6-11H2,1-5H3,(H,17,18). The Morgan fingerprint density at radius 3 is 2.06 bits per heavy atom. The summed E-state index contributed by atoms with van der Waals surface area (Å²) in [5.74, 6) is -0.995. The van der Waals surface area contributed by atoms with E-state index in [-0.39, 0.29) is 5.92 Å².